The molecule has 286 valence electrons. The minimum atomic E-state index is -0.698. The van der Waals surface area contributed by atoms with Crippen LogP contribution in [0.3, 0.4) is 0 Å². The summed E-state index contributed by atoms with van der Waals surface area (Å²) in [4.78, 5) is 77.9. The van der Waals surface area contributed by atoms with Crippen molar-refractivity contribution in [2.75, 3.05) is 27.3 Å². The maximum Gasteiger partial charge on any atom is 0.407 e. The van der Waals surface area contributed by atoms with Crippen LogP contribution in [0.4, 0.5) is 9.59 Å². The number of nitrogens with zero attached hydrogens (tertiary/aromatic N) is 4. The number of likely N-dealkylation sites (tertiary alicyclic amines) is 2. The highest BCUT2D eigenvalue weighted by atomic mass is 16.5. The Morgan fingerprint density at radius 1 is 0.648 bits per heavy atom. The summed E-state index contributed by atoms with van der Waals surface area (Å²) in [6, 6.07) is 6.49. The van der Waals surface area contributed by atoms with Crippen LogP contribution in [0.2, 0.25) is 0 Å². The van der Waals surface area contributed by atoms with Crippen LogP contribution in [0.25, 0.3) is 44.6 Å². The number of ether oxygens (including phenoxy) is 2. The van der Waals surface area contributed by atoms with E-state index in [1.54, 1.807) is 22.2 Å². The highest BCUT2D eigenvalue weighted by Crippen LogP contribution is 2.36. The van der Waals surface area contributed by atoms with E-state index in [0.29, 0.717) is 24.7 Å². The lowest BCUT2D eigenvalue weighted by atomic mass is 10.0. The Balaban J connectivity index is 1.07. The van der Waals surface area contributed by atoms with Crippen LogP contribution in [0.15, 0.2) is 36.7 Å². The van der Waals surface area contributed by atoms with Gasteiger partial charge in [-0.3, -0.25) is 9.59 Å². The molecule has 2 saturated heterocycles. The van der Waals surface area contributed by atoms with E-state index in [9.17, 15) is 19.2 Å². The molecule has 5 aromatic rings. The largest absolute Gasteiger partial charge is 0.453 e. The van der Waals surface area contributed by atoms with Crippen molar-refractivity contribution in [2.24, 2.45) is 11.8 Å². The van der Waals surface area contributed by atoms with Crippen molar-refractivity contribution in [3.8, 4) is 22.8 Å². The van der Waals surface area contributed by atoms with Crippen LogP contribution >= 0.6 is 0 Å². The molecule has 6 heterocycles. The van der Waals surface area contributed by atoms with E-state index in [4.69, 9.17) is 9.47 Å². The lowest BCUT2D eigenvalue weighted by Gasteiger charge is -2.30. The summed E-state index contributed by atoms with van der Waals surface area (Å²) in [5.41, 5.74) is 5.25. The SMILES string of the molecule is COC(=O)NC(C(=O)N1CCCC1c1ncc(-c2cc3cc4cc(-c5cnc(C6CCCN6C(=O)C(NC(=O)OC)C(C)C)[nH]5)[nH]c4cc3[nH]2)[nH]1)C(C)C. The van der Waals surface area contributed by atoms with Crippen molar-refractivity contribution < 1.29 is 28.7 Å². The van der Waals surface area contributed by atoms with Crippen molar-refractivity contribution >= 4 is 45.8 Å². The lowest BCUT2D eigenvalue weighted by molar-refractivity contribution is -0.136. The Hall–Kier alpha value is -5.80. The maximum absolute atomic E-state index is 13.6. The fourth-order valence-electron chi connectivity index (χ4n) is 7.72. The second kappa shape index (κ2) is 14.9. The third-order valence-electron chi connectivity index (χ3n) is 10.6. The molecule has 0 saturated carbocycles. The second-order valence-electron chi connectivity index (χ2n) is 14.9. The number of amides is 4. The highest BCUT2D eigenvalue weighted by Gasteiger charge is 2.39. The van der Waals surface area contributed by atoms with Crippen LogP contribution in [0.1, 0.15) is 77.1 Å². The summed E-state index contributed by atoms with van der Waals surface area (Å²) in [6.45, 7) is 8.75. The van der Waals surface area contributed by atoms with E-state index in [-0.39, 0.29) is 35.7 Å². The minimum absolute atomic E-state index is 0.114. The zero-order valence-corrected chi connectivity index (χ0v) is 31.4. The Labute approximate surface area is 312 Å². The number of imidazole rings is 2. The first kappa shape index (κ1) is 36.6. The molecule has 6 N–H and O–H groups in total. The molecule has 7 rings (SSSR count). The van der Waals surface area contributed by atoms with Crippen LogP contribution < -0.4 is 10.6 Å². The van der Waals surface area contributed by atoms with Gasteiger partial charge in [0.25, 0.3) is 0 Å². The number of rotatable bonds is 10. The number of H-pyrrole nitrogens is 4. The molecule has 54 heavy (non-hydrogen) atoms. The summed E-state index contributed by atoms with van der Waals surface area (Å²) in [6.07, 6.45) is 5.51. The van der Waals surface area contributed by atoms with Crippen molar-refractivity contribution in [1.82, 2.24) is 50.3 Å². The lowest BCUT2D eigenvalue weighted by Crippen LogP contribution is -2.51. The number of carbonyl (C=O) groups is 4. The summed E-state index contributed by atoms with van der Waals surface area (Å²) in [5, 5.41) is 7.43. The van der Waals surface area contributed by atoms with E-state index >= 15 is 0 Å². The van der Waals surface area contributed by atoms with Crippen LogP contribution in [-0.4, -0.2) is 103 Å². The van der Waals surface area contributed by atoms with Crippen molar-refractivity contribution in [3.63, 3.8) is 0 Å². The minimum Gasteiger partial charge on any atom is -0.453 e. The van der Waals surface area contributed by atoms with Gasteiger partial charge in [-0.2, -0.15) is 0 Å². The Morgan fingerprint density at radius 3 is 1.46 bits per heavy atom. The van der Waals surface area contributed by atoms with Gasteiger partial charge in [-0.1, -0.05) is 27.7 Å². The zero-order valence-electron chi connectivity index (χ0n) is 31.4. The van der Waals surface area contributed by atoms with Crippen LogP contribution in [0.5, 0.6) is 0 Å². The molecule has 4 atom stereocenters. The number of nitrogens with one attached hydrogen (secondary N) is 6. The standard InChI is InChI=1S/C38H48N10O6/c1-19(2)31(45-37(51)53-5)35(49)47-11-7-9-29(47)33-39-17-27(43-33)25-14-21-13-22-15-26(42-24(22)16-23(21)41-25)28-18-40-34(44-28)30-10-8-12-48(30)36(50)32(20(3)4)46-38(52)54-6/h13-20,29-32,41-42H,7-12H2,1-6H3,(H,39,43)(H,40,44)(H,45,51)(H,46,52). The van der Waals surface area contributed by atoms with Gasteiger partial charge in [0.15, 0.2) is 0 Å². The van der Waals surface area contributed by atoms with Crippen molar-refractivity contribution in [2.45, 2.75) is 77.5 Å². The molecule has 0 radical (unpaired) electrons. The average molecular weight is 741 g/mol. The van der Waals surface area contributed by atoms with Crippen LogP contribution in [0, 0.1) is 11.8 Å². The fraction of sp³-hybridized carbons (Fsp3) is 0.474. The summed E-state index contributed by atoms with van der Waals surface area (Å²) in [5.74, 6) is 0.877. The van der Waals surface area contributed by atoms with Crippen molar-refractivity contribution in [3.05, 3.63) is 48.3 Å². The average Bonchev–Trinajstić information content (AvgIpc) is 4.00. The number of alkyl carbamates (subject to hydrolysis) is 2. The first-order chi connectivity index (χ1) is 25.9. The third-order valence-corrected chi connectivity index (χ3v) is 10.6. The molecule has 4 amide bonds. The Kier molecular flexibility index (Phi) is 10.1. The van der Waals surface area contributed by atoms with E-state index in [1.807, 2.05) is 27.7 Å². The molecule has 1 aromatic carbocycles. The summed E-state index contributed by atoms with van der Waals surface area (Å²) >= 11 is 0. The van der Waals surface area contributed by atoms with E-state index in [0.717, 1.165) is 70.3 Å². The Bertz CT molecular complexity index is 1980. The van der Waals surface area contributed by atoms with Gasteiger partial charge in [0, 0.05) is 34.9 Å². The van der Waals surface area contributed by atoms with E-state index < -0.39 is 24.3 Å². The predicted molar refractivity (Wildman–Crippen MR) is 201 cm³/mol. The van der Waals surface area contributed by atoms with Gasteiger partial charge < -0.3 is 49.8 Å². The molecule has 0 bridgehead atoms. The molecule has 16 heteroatoms. The molecule has 0 spiro atoms. The second-order valence-corrected chi connectivity index (χ2v) is 14.9. The molecule has 2 fully saturated rings. The highest BCUT2D eigenvalue weighted by molar-refractivity contribution is 5.99. The topological polar surface area (TPSA) is 206 Å². The van der Waals surface area contributed by atoms with Gasteiger partial charge in [-0.25, -0.2) is 19.6 Å². The molecule has 2 aliphatic heterocycles. The molecule has 4 aromatic heterocycles. The van der Waals surface area contributed by atoms with E-state index in [2.05, 4.69) is 64.8 Å². The maximum atomic E-state index is 13.6. The summed E-state index contributed by atoms with van der Waals surface area (Å²) < 4.78 is 9.51. The normalized spacial score (nSPS) is 18.5. The first-order valence-corrected chi connectivity index (χ1v) is 18.5. The number of benzene rings is 1. The predicted octanol–water partition coefficient (Wildman–Crippen LogP) is 5.52. The van der Waals surface area contributed by atoms with Crippen LogP contribution in [-0.2, 0) is 19.1 Å². The van der Waals surface area contributed by atoms with Gasteiger partial charge >= 0.3 is 12.2 Å². The Morgan fingerprint density at radius 2 is 1.07 bits per heavy atom. The number of carbonyl (C=O) groups excluding carboxylic acids is 4. The molecule has 0 aliphatic carbocycles. The fourth-order valence-corrected chi connectivity index (χ4v) is 7.72. The van der Waals surface area contributed by atoms with E-state index in [1.165, 1.54) is 14.2 Å². The number of methoxy groups -OCH3 is 2. The van der Waals surface area contributed by atoms with Gasteiger partial charge in [0.1, 0.15) is 23.7 Å². The van der Waals surface area contributed by atoms with Gasteiger partial charge in [0.05, 0.1) is 61.5 Å². The summed E-state index contributed by atoms with van der Waals surface area (Å²) in [7, 11) is 2.57. The number of hydrogen-bond acceptors (Lipinski definition) is 8. The number of fused-ring (bicyclic) bond motifs is 2. The van der Waals surface area contributed by atoms with Gasteiger partial charge in [-0.15, -0.1) is 0 Å². The quantitative estimate of drug-likeness (QED) is 0.107. The molecule has 4 unspecified atom stereocenters. The van der Waals surface area contributed by atoms with Gasteiger partial charge in [0.2, 0.25) is 11.8 Å². The molecular weight excluding hydrogens is 692 g/mol. The number of aromatic nitrogens is 6. The third kappa shape index (κ3) is 6.99. The number of aromatic amines is 4. The molecular formula is C38H48N10O6. The zero-order chi connectivity index (χ0) is 38.3. The smallest absolute Gasteiger partial charge is 0.407 e. The monoisotopic (exact) mass is 740 g/mol. The first-order valence-electron chi connectivity index (χ1n) is 18.5. The molecule has 2 aliphatic rings. The van der Waals surface area contributed by atoms with Crippen molar-refractivity contribution in [1.29, 1.82) is 0 Å². The van der Waals surface area contributed by atoms with Gasteiger partial charge in [-0.05, 0) is 61.8 Å². The molecule has 16 nitrogen and oxygen atoms in total. The number of hydrogen-bond donors (Lipinski definition) is 6.